The van der Waals surface area contributed by atoms with E-state index in [0.717, 1.165) is 5.69 Å². The Kier molecular flexibility index (Phi) is 2.93. The van der Waals surface area contributed by atoms with Gasteiger partial charge < -0.3 is 11.1 Å². The third-order valence-electron chi connectivity index (χ3n) is 2.26. The number of halogens is 1. The van der Waals surface area contributed by atoms with Crippen LogP contribution in [0.5, 0.6) is 0 Å². The number of nitrogens with zero attached hydrogens (tertiary/aromatic N) is 1. The summed E-state index contributed by atoms with van der Waals surface area (Å²) >= 11 is 0. The van der Waals surface area contributed by atoms with E-state index in [1.165, 1.54) is 12.1 Å². The molecule has 0 aliphatic heterocycles. The molecule has 0 aliphatic carbocycles. The summed E-state index contributed by atoms with van der Waals surface area (Å²) in [6, 6.07) is 13.3. The monoisotopic (exact) mass is 227 g/mol. The number of nitrogens with two attached hydrogens (primary N) is 1. The van der Waals surface area contributed by atoms with E-state index in [1.807, 2.05) is 12.1 Å². The van der Waals surface area contributed by atoms with E-state index >= 15 is 0 Å². The van der Waals surface area contributed by atoms with E-state index < -0.39 is 5.82 Å². The number of anilines is 3. The first-order valence-corrected chi connectivity index (χ1v) is 5.01. The maximum Gasteiger partial charge on any atom is 0.141 e. The molecule has 2 aromatic rings. The van der Waals surface area contributed by atoms with Crippen molar-refractivity contribution in [2.24, 2.45) is 0 Å². The largest absolute Gasteiger partial charge is 0.399 e. The van der Waals surface area contributed by atoms with Crippen LogP contribution < -0.4 is 11.1 Å². The third-order valence-corrected chi connectivity index (χ3v) is 2.26. The highest BCUT2D eigenvalue weighted by Gasteiger charge is 2.02. The lowest BCUT2D eigenvalue weighted by Gasteiger charge is -2.07. The molecule has 0 spiro atoms. The number of nitrogens with one attached hydrogen (secondary N) is 1. The Morgan fingerprint density at radius 1 is 1.12 bits per heavy atom. The fourth-order valence-electron chi connectivity index (χ4n) is 1.47. The molecule has 0 saturated heterocycles. The van der Waals surface area contributed by atoms with Gasteiger partial charge in [-0.15, -0.1) is 0 Å². The molecule has 0 atom stereocenters. The summed E-state index contributed by atoms with van der Waals surface area (Å²) in [4.78, 5) is 0. The molecule has 17 heavy (non-hydrogen) atoms. The van der Waals surface area contributed by atoms with Crippen molar-refractivity contribution < 1.29 is 4.39 Å². The van der Waals surface area contributed by atoms with Crippen molar-refractivity contribution in [3.05, 3.63) is 53.8 Å². The molecule has 0 radical (unpaired) electrons. The van der Waals surface area contributed by atoms with E-state index in [0.29, 0.717) is 11.4 Å². The van der Waals surface area contributed by atoms with Gasteiger partial charge in [-0.1, -0.05) is 6.07 Å². The molecule has 0 aromatic heterocycles. The fraction of sp³-hybridized carbons (Fsp3) is 0. The van der Waals surface area contributed by atoms with E-state index in [4.69, 9.17) is 11.0 Å². The number of rotatable bonds is 2. The number of hydrogen-bond acceptors (Lipinski definition) is 3. The molecule has 2 rings (SSSR count). The highest BCUT2D eigenvalue weighted by molar-refractivity contribution is 5.64. The average Bonchev–Trinajstić information content (AvgIpc) is 2.32. The highest BCUT2D eigenvalue weighted by atomic mass is 19.1. The Bertz CT molecular complexity index is 587. The van der Waals surface area contributed by atoms with Crippen LogP contribution in [0.1, 0.15) is 5.56 Å². The van der Waals surface area contributed by atoms with Gasteiger partial charge in [-0.2, -0.15) is 5.26 Å². The van der Waals surface area contributed by atoms with Gasteiger partial charge in [0.2, 0.25) is 0 Å². The Hall–Kier alpha value is -2.54. The third kappa shape index (κ3) is 2.52. The normalized spacial score (nSPS) is 9.65. The number of nitriles is 1. The molecule has 0 saturated carbocycles. The highest BCUT2D eigenvalue weighted by Crippen LogP contribution is 2.20. The van der Waals surface area contributed by atoms with Crippen LogP contribution >= 0.6 is 0 Å². The summed E-state index contributed by atoms with van der Waals surface area (Å²) in [5.41, 5.74) is 7.73. The Morgan fingerprint density at radius 3 is 2.59 bits per heavy atom. The second-order valence-electron chi connectivity index (χ2n) is 3.56. The molecule has 84 valence electrons. The topological polar surface area (TPSA) is 61.8 Å². The van der Waals surface area contributed by atoms with Gasteiger partial charge in [0.15, 0.2) is 0 Å². The average molecular weight is 227 g/mol. The van der Waals surface area contributed by atoms with Gasteiger partial charge in [-0.25, -0.2) is 4.39 Å². The van der Waals surface area contributed by atoms with Crippen LogP contribution in [0, 0.1) is 17.1 Å². The second-order valence-corrected chi connectivity index (χ2v) is 3.56. The van der Waals surface area contributed by atoms with Gasteiger partial charge in [0.05, 0.1) is 5.56 Å². The van der Waals surface area contributed by atoms with Gasteiger partial charge in [0, 0.05) is 17.1 Å². The van der Waals surface area contributed by atoms with Crippen molar-refractivity contribution >= 4 is 17.1 Å². The molecule has 0 fully saturated rings. The van der Waals surface area contributed by atoms with Crippen LogP contribution in [-0.2, 0) is 0 Å². The van der Waals surface area contributed by atoms with Crippen molar-refractivity contribution in [3.63, 3.8) is 0 Å². The molecule has 0 heterocycles. The molecular formula is C13H10FN3. The van der Waals surface area contributed by atoms with Gasteiger partial charge >= 0.3 is 0 Å². The summed E-state index contributed by atoms with van der Waals surface area (Å²) in [6.07, 6.45) is 0. The van der Waals surface area contributed by atoms with Gasteiger partial charge in [-0.3, -0.25) is 0 Å². The Morgan fingerprint density at radius 2 is 1.88 bits per heavy atom. The predicted molar refractivity (Wildman–Crippen MR) is 65.3 cm³/mol. The number of nitrogen functional groups attached to an aromatic ring is 1. The minimum atomic E-state index is -0.523. The van der Waals surface area contributed by atoms with E-state index in [1.54, 1.807) is 24.3 Å². The summed E-state index contributed by atoms with van der Waals surface area (Å²) in [7, 11) is 0. The molecular weight excluding hydrogens is 217 g/mol. The lowest BCUT2D eigenvalue weighted by molar-refractivity contribution is 0.624. The van der Waals surface area contributed by atoms with Crippen LogP contribution in [0.3, 0.4) is 0 Å². The van der Waals surface area contributed by atoms with Crippen molar-refractivity contribution in [3.8, 4) is 6.07 Å². The molecule has 3 N–H and O–H groups in total. The molecule has 0 aliphatic rings. The molecule has 3 nitrogen and oxygen atoms in total. The Labute approximate surface area is 98.3 Å². The van der Waals surface area contributed by atoms with E-state index in [-0.39, 0.29) is 5.56 Å². The van der Waals surface area contributed by atoms with Crippen LogP contribution in [0.15, 0.2) is 42.5 Å². The van der Waals surface area contributed by atoms with Crippen molar-refractivity contribution in [1.82, 2.24) is 0 Å². The molecule has 0 bridgehead atoms. The van der Waals surface area contributed by atoms with Crippen LogP contribution in [0.2, 0.25) is 0 Å². The molecule has 0 amide bonds. The van der Waals surface area contributed by atoms with Crippen molar-refractivity contribution in [2.75, 3.05) is 11.1 Å². The van der Waals surface area contributed by atoms with Crippen molar-refractivity contribution in [2.45, 2.75) is 0 Å². The molecule has 2 aromatic carbocycles. The second kappa shape index (κ2) is 4.54. The first-order valence-electron chi connectivity index (χ1n) is 5.01. The molecule has 0 unspecified atom stereocenters. The van der Waals surface area contributed by atoms with E-state index in [2.05, 4.69) is 5.32 Å². The summed E-state index contributed by atoms with van der Waals surface area (Å²) < 4.78 is 13.1. The maximum absolute atomic E-state index is 13.1. The summed E-state index contributed by atoms with van der Waals surface area (Å²) in [5.74, 6) is -0.523. The quantitative estimate of drug-likeness (QED) is 0.775. The first kappa shape index (κ1) is 11.0. The first-order chi connectivity index (χ1) is 8.19. The van der Waals surface area contributed by atoms with Crippen LogP contribution in [0.4, 0.5) is 21.5 Å². The number of benzene rings is 2. The van der Waals surface area contributed by atoms with E-state index in [9.17, 15) is 4.39 Å². The minimum Gasteiger partial charge on any atom is -0.399 e. The molecule has 4 heteroatoms. The summed E-state index contributed by atoms with van der Waals surface area (Å²) in [6.45, 7) is 0. The lowest BCUT2D eigenvalue weighted by atomic mass is 10.2. The zero-order valence-electron chi connectivity index (χ0n) is 8.94. The minimum absolute atomic E-state index is 0.0129. The lowest BCUT2D eigenvalue weighted by Crippen LogP contribution is -1.93. The Balaban J connectivity index is 2.28. The van der Waals surface area contributed by atoms with Gasteiger partial charge in [0.25, 0.3) is 0 Å². The SMILES string of the molecule is N#Cc1cc(Nc2cccc(N)c2)ccc1F. The summed E-state index contributed by atoms with van der Waals surface area (Å²) in [5, 5.41) is 11.8. The zero-order chi connectivity index (χ0) is 12.3. The van der Waals surface area contributed by atoms with Crippen molar-refractivity contribution in [1.29, 1.82) is 5.26 Å². The number of hydrogen-bond donors (Lipinski definition) is 2. The smallest absolute Gasteiger partial charge is 0.141 e. The maximum atomic E-state index is 13.1. The van der Waals surface area contributed by atoms with Crippen LogP contribution in [0.25, 0.3) is 0 Å². The van der Waals surface area contributed by atoms with Gasteiger partial charge in [0.1, 0.15) is 11.9 Å². The standard InChI is InChI=1S/C13H10FN3/c14-13-5-4-12(6-9(13)8-15)17-11-3-1-2-10(16)7-11/h1-7,17H,16H2. The van der Waals surface area contributed by atoms with Crippen LogP contribution in [-0.4, -0.2) is 0 Å². The van der Waals surface area contributed by atoms with Gasteiger partial charge in [-0.05, 0) is 36.4 Å². The zero-order valence-corrected chi connectivity index (χ0v) is 8.94. The predicted octanol–water partition coefficient (Wildman–Crippen LogP) is 3.02. The fourth-order valence-corrected chi connectivity index (χ4v) is 1.47.